The minimum Gasteiger partial charge on any atom is -0.368 e. The van der Waals surface area contributed by atoms with Crippen LogP contribution < -0.4 is 21.0 Å². The molecule has 2 aromatic carbocycles. The van der Waals surface area contributed by atoms with Gasteiger partial charge in [-0.15, -0.1) is 0 Å². The quantitative estimate of drug-likeness (QED) is 0.494. The summed E-state index contributed by atoms with van der Waals surface area (Å²) in [4.78, 5) is 36.8. The number of piperazine rings is 1. The zero-order chi connectivity index (χ0) is 22.8. The van der Waals surface area contributed by atoms with Crippen molar-refractivity contribution < 1.29 is 0 Å². The van der Waals surface area contributed by atoms with Gasteiger partial charge in [0.25, 0.3) is 5.56 Å². The van der Waals surface area contributed by atoms with E-state index in [1.807, 2.05) is 28.8 Å². The third-order valence-electron chi connectivity index (χ3n) is 6.36. The molecule has 33 heavy (non-hydrogen) atoms. The zero-order valence-electron chi connectivity index (χ0n) is 18.8. The van der Waals surface area contributed by atoms with Crippen molar-refractivity contribution in [3.05, 3.63) is 87.1 Å². The summed E-state index contributed by atoms with van der Waals surface area (Å²) < 4.78 is 3.42. The number of rotatable bonds is 6. The minimum atomic E-state index is -0.443. The summed E-state index contributed by atoms with van der Waals surface area (Å²) in [7, 11) is 1.65. The van der Waals surface area contributed by atoms with Crippen molar-refractivity contribution in [2.24, 2.45) is 7.05 Å². The standard InChI is InChI=1S/C25H28N6O2/c1-28-22-21(23(32)27-25(28)33)31(14-8-11-19-9-4-2-5-10-19)24(26-22)30-17-15-29(16-18-30)20-12-6-3-7-13-20/h2-7,9-10,12-13H,8,11,14-18H2,1H3,(H,27,32,33). The molecule has 0 aliphatic carbocycles. The van der Waals surface area contributed by atoms with Crippen LogP contribution >= 0.6 is 0 Å². The van der Waals surface area contributed by atoms with Gasteiger partial charge in [-0.05, 0) is 30.5 Å². The lowest BCUT2D eigenvalue weighted by Gasteiger charge is -2.36. The Kier molecular flexibility index (Phi) is 5.73. The van der Waals surface area contributed by atoms with Crippen LogP contribution in [0.15, 0.2) is 70.3 Å². The van der Waals surface area contributed by atoms with Gasteiger partial charge in [0.2, 0.25) is 5.95 Å². The van der Waals surface area contributed by atoms with E-state index in [-0.39, 0.29) is 5.56 Å². The van der Waals surface area contributed by atoms with E-state index < -0.39 is 5.69 Å². The molecule has 2 aromatic heterocycles. The summed E-state index contributed by atoms with van der Waals surface area (Å²) in [5.41, 5.74) is 2.56. The molecule has 3 heterocycles. The maximum absolute atomic E-state index is 12.8. The summed E-state index contributed by atoms with van der Waals surface area (Å²) in [6, 6.07) is 20.7. The number of nitrogens with zero attached hydrogens (tertiary/aromatic N) is 5. The van der Waals surface area contributed by atoms with E-state index in [4.69, 9.17) is 4.98 Å². The van der Waals surface area contributed by atoms with Crippen molar-refractivity contribution in [1.82, 2.24) is 19.1 Å². The normalized spacial score (nSPS) is 14.2. The fourth-order valence-electron chi connectivity index (χ4n) is 4.57. The molecule has 0 atom stereocenters. The SMILES string of the molecule is Cn1c(=O)[nH]c(=O)c2c1nc(N1CCN(c3ccccc3)CC1)n2CCCc1ccccc1. The maximum Gasteiger partial charge on any atom is 0.329 e. The molecule has 1 N–H and O–H groups in total. The lowest BCUT2D eigenvalue weighted by atomic mass is 10.1. The largest absolute Gasteiger partial charge is 0.368 e. The van der Waals surface area contributed by atoms with Crippen LogP contribution in [-0.4, -0.2) is 45.3 Å². The van der Waals surface area contributed by atoms with Crippen molar-refractivity contribution in [3.8, 4) is 0 Å². The average Bonchev–Trinajstić information content (AvgIpc) is 3.24. The summed E-state index contributed by atoms with van der Waals surface area (Å²) in [5, 5.41) is 0. The third-order valence-corrected chi connectivity index (χ3v) is 6.36. The lowest BCUT2D eigenvalue weighted by Crippen LogP contribution is -2.47. The Morgan fingerprint density at radius 3 is 2.21 bits per heavy atom. The molecule has 0 spiro atoms. The lowest BCUT2D eigenvalue weighted by molar-refractivity contribution is 0.599. The number of para-hydroxylation sites is 1. The highest BCUT2D eigenvalue weighted by Gasteiger charge is 2.25. The van der Waals surface area contributed by atoms with Crippen LogP contribution in [0.5, 0.6) is 0 Å². The molecule has 1 fully saturated rings. The van der Waals surface area contributed by atoms with Gasteiger partial charge in [-0.25, -0.2) is 4.79 Å². The highest BCUT2D eigenvalue weighted by Crippen LogP contribution is 2.23. The average molecular weight is 445 g/mol. The van der Waals surface area contributed by atoms with Gasteiger partial charge >= 0.3 is 5.69 Å². The van der Waals surface area contributed by atoms with E-state index in [1.54, 1.807) is 7.05 Å². The van der Waals surface area contributed by atoms with Crippen LogP contribution in [0, 0.1) is 0 Å². The van der Waals surface area contributed by atoms with E-state index in [0.29, 0.717) is 17.7 Å². The fourth-order valence-corrected chi connectivity index (χ4v) is 4.57. The molecule has 8 nitrogen and oxygen atoms in total. The number of aromatic amines is 1. The van der Waals surface area contributed by atoms with Gasteiger partial charge in [0.05, 0.1) is 0 Å². The fraction of sp³-hybridized carbons (Fsp3) is 0.320. The van der Waals surface area contributed by atoms with Gasteiger partial charge in [-0.3, -0.25) is 14.3 Å². The number of aryl methyl sites for hydroxylation is 3. The zero-order valence-corrected chi connectivity index (χ0v) is 18.8. The first-order valence-electron chi connectivity index (χ1n) is 11.4. The Morgan fingerprint density at radius 1 is 0.879 bits per heavy atom. The molecular formula is C25H28N6O2. The number of H-pyrrole nitrogens is 1. The molecule has 0 saturated carbocycles. The summed E-state index contributed by atoms with van der Waals surface area (Å²) in [5.74, 6) is 0.762. The molecule has 1 aliphatic rings. The number of fused-ring (bicyclic) bond motifs is 1. The van der Waals surface area contributed by atoms with Gasteiger partial charge in [-0.2, -0.15) is 4.98 Å². The molecular weight excluding hydrogens is 416 g/mol. The number of hydrogen-bond acceptors (Lipinski definition) is 5. The van der Waals surface area contributed by atoms with Gasteiger partial charge in [0, 0.05) is 45.5 Å². The predicted octanol–water partition coefficient (Wildman–Crippen LogP) is 2.38. The van der Waals surface area contributed by atoms with Gasteiger partial charge in [0.1, 0.15) is 0 Å². The highest BCUT2D eigenvalue weighted by molar-refractivity contribution is 5.74. The van der Waals surface area contributed by atoms with Crippen LogP contribution in [0.2, 0.25) is 0 Å². The molecule has 0 bridgehead atoms. The van der Waals surface area contributed by atoms with Crippen LogP contribution in [0.3, 0.4) is 0 Å². The van der Waals surface area contributed by atoms with Crippen molar-refractivity contribution in [2.45, 2.75) is 19.4 Å². The van der Waals surface area contributed by atoms with E-state index in [2.05, 4.69) is 51.2 Å². The molecule has 1 aliphatic heterocycles. The minimum absolute atomic E-state index is 0.380. The predicted molar refractivity (Wildman–Crippen MR) is 131 cm³/mol. The molecule has 170 valence electrons. The molecule has 4 aromatic rings. The van der Waals surface area contributed by atoms with E-state index in [1.165, 1.54) is 15.8 Å². The van der Waals surface area contributed by atoms with Crippen LogP contribution in [0.4, 0.5) is 11.6 Å². The Bertz CT molecular complexity index is 1350. The second-order valence-corrected chi connectivity index (χ2v) is 8.45. The monoisotopic (exact) mass is 444 g/mol. The molecule has 8 heteroatoms. The summed E-state index contributed by atoms with van der Waals surface area (Å²) in [6.45, 7) is 3.98. The van der Waals surface area contributed by atoms with Gasteiger partial charge < -0.3 is 14.4 Å². The number of hydrogen-bond donors (Lipinski definition) is 1. The Balaban J connectivity index is 1.44. The first-order chi connectivity index (χ1) is 16.1. The summed E-state index contributed by atoms with van der Waals surface area (Å²) >= 11 is 0. The molecule has 5 rings (SSSR count). The van der Waals surface area contributed by atoms with E-state index >= 15 is 0 Å². The number of imidazole rings is 1. The summed E-state index contributed by atoms with van der Waals surface area (Å²) in [6.07, 6.45) is 1.78. The third kappa shape index (κ3) is 4.16. The van der Waals surface area contributed by atoms with Gasteiger partial charge in [0.15, 0.2) is 11.2 Å². The van der Waals surface area contributed by atoms with Crippen molar-refractivity contribution in [1.29, 1.82) is 0 Å². The number of benzene rings is 2. The number of nitrogens with one attached hydrogen (secondary N) is 1. The number of aromatic nitrogens is 4. The van der Waals surface area contributed by atoms with E-state index in [9.17, 15) is 9.59 Å². The smallest absolute Gasteiger partial charge is 0.329 e. The second-order valence-electron chi connectivity index (χ2n) is 8.45. The topological polar surface area (TPSA) is 79.2 Å². The van der Waals surface area contributed by atoms with Crippen LogP contribution in [0.25, 0.3) is 11.2 Å². The molecule has 1 saturated heterocycles. The van der Waals surface area contributed by atoms with Gasteiger partial charge in [-0.1, -0.05) is 48.5 Å². The van der Waals surface area contributed by atoms with Crippen molar-refractivity contribution in [2.75, 3.05) is 36.0 Å². The van der Waals surface area contributed by atoms with E-state index in [0.717, 1.165) is 45.0 Å². The van der Waals surface area contributed by atoms with Crippen molar-refractivity contribution >= 4 is 22.8 Å². The van der Waals surface area contributed by atoms with Crippen LogP contribution in [0.1, 0.15) is 12.0 Å². The van der Waals surface area contributed by atoms with Crippen LogP contribution in [-0.2, 0) is 20.0 Å². The highest BCUT2D eigenvalue weighted by atomic mass is 16.2. The number of anilines is 2. The molecule has 0 unspecified atom stereocenters. The Hall–Kier alpha value is -3.81. The first-order valence-corrected chi connectivity index (χ1v) is 11.4. The maximum atomic E-state index is 12.8. The second kappa shape index (κ2) is 8.97. The Morgan fingerprint density at radius 2 is 1.52 bits per heavy atom. The molecule has 0 radical (unpaired) electrons. The first kappa shape index (κ1) is 21.1. The van der Waals surface area contributed by atoms with Crippen molar-refractivity contribution in [3.63, 3.8) is 0 Å². The Labute approximate surface area is 191 Å². The molecule has 0 amide bonds.